The minimum atomic E-state index is -1.30. The number of ether oxygens (including phenoxy) is 4. The summed E-state index contributed by atoms with van der Waals surface area (Å²) in [6, 6.07) is 3.49. The normalized spacial score (nSPS) is 26.9. The van der Waals surface area contributed by atoms with Gasteiger partial charge in [0.05, 0.1) is 24.9 Å². The van der Waals surface area contributed by atoms with E-state index in [0.717, 1.165) is 50.7 Å². The van der Waals surface area contributed by atoms with E-state index in [-0.39, 0.29) is 31.0 Å². The molecule has 2 unspecified atom stereocenters. The average Bonchev–Trinajstić information content (AvgIpc) is 3.92. The number of nitrogens with zero attached hydrogens (tertiary/aromatic N) is 5. The quantitative estimate of drug-likeness (QED) is 0.113. The molecular formula is C47H63ClN8O8S. The number of pyridine rings is 1. The highest BCUT2D eigenvalue weighted by molar-refractivity contribution is 7.14. The molecule has 65 heavy (non-hydrogen) atoms. The highest BCUT2D eigenvalue weighted by atomic mass is 35.5. The molecule has 0 bridgehead atoms. The predicted molar refractivity (Wildman–Crippen MR) is 249 cm³/mol. The number of likely N-dealkylation sites (N-methyl/N-ethyl adjacent to an activating group) is 1. The lowest BCUT2D eigenvalue weighted by atomic mass is 9.85. The monoisotopic (exact) mass is 934 g/mol. The zero-order chi connectivity index (χ0) is 46.4. The zero-order valence-corrected chi connectivity index (χ0v) is 40.1. The molecule has 5 fully saturated rings. The van der Waals surface area contributed by atoms with Gasteiger partial charge in [-0.3, -0.25) is 14.5 Å². The van der Waals surface area contributed by atoms with E-state index in [0.29, 0.717) is 63.7 Å². The second-order valence-electron chi connectivity index (χ2n) is 19.8. The number of amides is 3. The lowest BCUT2D eigenvalue weighted by molar-refractivity contribution is -0.148. The van der Waals surface area contributed by atoms with E-state index >= 15 is 0 Å². The molecule has 4 heterocycles. The van der Waals surface area contributed by atoms with Crippen LogP contribution in [0.15, 0.2) is 36.2 Å². The molecule has 8 rings (SSSR count). The molecule has 3 N–H and O–H groups in total. The van der Waals surface area contributed by atoms with Crippen LogP contribution in [-0.2, 0) is 23.9 Å². The fourth-order valence-corrected chi connectivity index (χ4v) is 10.6. The molecule has 3 aromatic rings. The van der Waals surface area contributed by atoms with Crippen molar-refractivity contribution >= 4 is 62.8 Å². The van der Waals surface area contributed by atoms with E-state index in [4.69, 9.17) is 40.5 Å². The number of halogens is 1. The van der Waals surface area contributed by atoms with E-state index in [1.165, 1.54) is 29.8 Å². The van der Waals surface area contributed by atoms with Gasteiger partial charge >= 0.3 is 12.1 Å². The van der Waals surface area contributed by atoms with Crippen molar-refractivity contribution in [2.45, 2.75) is 103 Å². The molecule has 2 aromatic heterocycles. The number of fused-ring (bicyclic) bond motifs is 2. The minimum absolute atomic E-state index is 0.0121. The Labute approximate surface area is 390 Å². The molecule has 0 spiro atoms. The van der Waals surface area contributed by atoms with Crippen molar-refractivity contribution in [2.75, 3.05) is 65.3 Å². The second kappa shape index (κ2) is 18.9. The van der Waals surface area contributed by atoms with Crippen LogP contribution in [0.1, 0.15) is 66.7 Å². The number of carbonyl (C=O) groups excluding carboxylic acids is 4. The van der Waals surface area contributed by atoms with Crippen molar-refractivity contribution in [3.63, 3.8) is 0 Å². The maximum absolute atomic E-state index is 14.9. The first-order valence-electron chi connectivity index (χ1n) is 22.8. The van der Waals surface area contributed by atoms with Gasteiger partial charge in [0.15, 0.2) is 5.13 Å². The Hall–Kier alpha value is -4.71. The van der Waals surface area contributed by atoms with E-state index in [1.54, 1.807) is 12.1 Å². The lowest BCUT2D eigenvalue weighted by Crippen LogP contribution is -2.59. The number of likely N-dealkylation sites (tertiary alicyclic amines) is 1. The van der Waals surface area contributed by atoms with Crippen molar-refractivity contribution in [3.8, 4) is 22.9 Å². The SMILES string of the molecule is C=C[C@@H]1CC1(NC(=O)[C@@H]1C[C@@H](Oc2cc(-c3csc(NC(C)C)n3)nc3c(Cl)c(OCCN4CCN(C)CC4)ccc23)CN1C(=O)[C@@H](NC(=O)OC1C[C@@H]2C[C@@H]2C1)C(C)(C)C)C(=O)OC. The molecule has 352 valence electrons. The number of aromatic nitrogens is 2. The summed E-state index contributed by atoms with van der Waals surface area (Å²) < 4.78 is 24.1. The van der Waals surface area contributed by atoms with Crippen LogP contribution in [-0.4, -0.2) is 144 Å². The van der Waals surface area contributed by atoms with Crippen LogP contribution in [0, 0.1) is 23.2 Å². The van der Waals surface area contributed by atoms with Gasteiger partial charge in [0.25, 0.3) is 0 Å². The van der Waals surface area contributed by atoms with E-state index < -0.39 is 53.0 Å². The summed E-state index contributed by atoms with van der Waals surface area (Å²) in [4.78, 5) is 71.8. The average molecular weight is 936 g/mol. The van der Waals surface area contributed by atoms with Crippen LogP contribution in [0.4, 0.5) is 9.93 Å². The van der Waals surface area contributed by atoms with Crippen LogP contribution >= 0.6 is 22.9 Å². The number of thiazole rings is 1. The number of piperazine rings is 1. The van der Waals surface area contributed by atoms with Gasteiger partial charge in [0, 0.05) is 67.9 Å². The third kappa shape index (κ3) is 10.3. The first kappa shape index (κ1) is 46.8. The van der Waals surface area contributed by atoms with Gasteiger partial charge in [-0.25, -0.2) is 19.6 Å². The molecule has 18 heteroatoms. The summed E-state index contributed by atoms with van der Waals surface area (Å²) in [6.45, 7) is 18.6. The van der Waals surface area contributed by atoms with E-state index in [9.17, 15) is 19.2 Å². The molecule has 5 aliphatic rings. The number of esters is 1. The number of anilines is 1. The number of benzene rings is 1. The summed E-state index contributed by atoms with van der Waals surface area (Å²) in [5.41, 5.74) is -0.515. The zero-order valence-electron chi connectivity index (χ0n) is 38.5. The van der Waals surface area contributed by atoms with Crippen molar-refractivity contribution in [1.29, 1.82) is 0 Å². The van der Waals surface area contributed by atoms with Crippen molar-refractivity contribution in [3.05, 3.63) is 41.3 Å². The highest BCUT2D eigenvalue weighted by Gasteiger charge is 2.62. The number of methoxy groups -OCH3 is 1. The fourth-order valence-electron chi connectivity index (χ4n) is 9.52. The predicted octanol–water partition coefficient (Wildman–Crippen LogP) is 5.98. The Balaban J connectivity index is 1.09. The minimum Gasteiger partial charge on any atom is -0.491 e. The number of carbonyl (C=O) groups is 4. The number of rotatable bonds is 16. The van der Waals surface area contributed by atoms with Gasteiger partial charge in [-0.05, 0) is 76.0 Å². The number of nitrogens with one attached hydrogen (secondary N) is 3. The van der Waals surface area contributed by atoms with Gasteiger partial charge < -0.3 is 44.7 Å². The number of hydrogen-bond acceptors (Lipinski definition) is 14. The summed E-state index contributed by atoms with van der Waals surface area (Å²) in [6.07, 6.45) is 3.25. The molecule has 8 atom stereocenters. The Kier molecular flexibility index (Phi) is 13.6. The molecule has 2 aliphatic heterocycles. The Morgan fingerprint density at radius 1 is 1.02 bits per heavy atom. The summed E-state index contributed by atoms with van der Waals surface area (Å²) in [5, 5.41) is 12.7. The maximum atomic E-state index is 14.9. The van der Waals surface area contributed by atoms with E-state index in [1.807, 2.05) is 52.1 Å². The number of hydrogen-bond donors (Lipinski definition) is 3. The summed E-state index contributed by atoms with van der Waals surface area (Å²) in [7, 11) is 3.40. The number of alkyl carbamates (subject to hydrolysis) is 1. The Morgan fingerprint density at radius 3 is 2.42 bits per heavy atom. The lowest BCUT2D eigenvalue weighted by Gasteiger charge is -2.35. The standard InChI is InChI=1S/C47H63ClN8O8S/c1-9-29-23-47(29,43(59)61-8)53-41(57)35-21-31(24-56(35)42(58)40(46(4,5)6)52-45(60)64-30-19-27-18-28(27)20-30)63-37-22-33(34-25-65-44(51-34)49-26(2)3)50-39-32(37)10-11-36(38(39)48)62-17-16-55-14-12-54(7)13-15-55/h9-11,22,25-31,35,40H,1,12-21,23-24H2,2-8H3,(H,49,51)(H,52,60)(H,53,57)/t27-,28+,29-,30?,31-,35+,40-,47?/m1/s1. The van der Waals surface area contributed by atoms with Crippen molar-refractivity contribution in [1.82, 2.24) is 35.3 Å². The van der Waals surface area contributed by atoms with Gasteiger partial charge in [-0.1, -0.05) is 38.4 Å². The molecule has 2 saturated heterocycles. The smallest absolute Gasteiger partial charge is 0.408 e. The largest absolute Gasteiger partial charge is 0.491 e. The summed E-state index contributed by atoms with van der Waals surface area (Å²) >= 11 is 8.61. The Morgan fingerprint density at radius 2 is 1.75 bits per heavy atom. The van der Waals surface area contributed by atoms with Crippen molar-refractivity contribution < 1.29 is 38.1 Å². The summed E-state index contributed by atoms with van der Waals surface area (Å²) in [5.74, 6) is 0.154. The molecular weight excluding hydrogens is 872 g/mol. The fraction of sp³-hybridized carbons (Fsp3) is 0.617. The van der Waals surface area contributed by atoms with Gasteiger partial charge in [0.2, 0.25) is 11.8 Å². The van der Waals surface area contributed by atoms with Crippen LogP contribution in [0.5, 0.6) is 11.5 Å². The third-order valence-corrected chi connectivity index (χ3v) is 14.6. The third-order valence-electron chi connectivity index (χ3n) is 13.5. The second-order valence-corrected chi connectivity index (χ2v) is 21.0. The van der Waals surface area contributed by atoms with E-state index in [2.05, 4.69) is 39.4 Å². The molecule has 16 nitrogen and oxygen atoms in total. The van der Waals surface area contributed by atoms with Crippen LogP contribution in [0.3, 0.4) is 0 Å². The molecule has 3 aliphatic carbocycles. The van der Waals surface area contributed by atoms with Crippen LogP contribution < -0.4 is 25.4 Å². The van der Waals surface area contributed by atoms with Gasteiger partial charge in [-0.2, -0.15) is 0 Å². The van der Waals surface area contributed by atoms with Crippen molar-refractivity contribution in [2.24, 2.45) is 23.2 Å². The molecule has 3 saturated carbocycles. The highest BCUT2D eigenvalue weighted by Crippen LogP contribution is 2.52. The first-order valence-corrected chi connectivity index (χ1v) is 24.1. The first-order chi connectivity index (χ1) is 31.0. The van der Waals surface area contributed by atoms with Crippen LogP contribution in [0.2, 0.25) is 5.02 Å². The molecule has 3 amide bonds. The van der Waals surface area contributed by atoms with Crippen LogP contribution in [0.25, 0.3) is 22.3 Å². The van der Waals surface area contributed by atoms with Gasteiger partial charge in [-0.15, -0.1) is 17.9 Å². The molecule has 1 aromatic carbocycles. The topological polar surface area (TPSA) is 177 Å². The Bertz CT molecular complexity index is 2290. The molecule has 0 radical (unpaired) electrons. The van der Waals surface area contributed by atoms with Gasteiger partial charge in [0.1, 0.15) is 58.7 Å². The maximum Gasteiger partial charge on any atom is 0.408 e.